The van der Waals surface area contributed by atoms with Crippen LogP contribution >= 0.6 is 0 Å². The van der Waals surface area contributed by atoms with Crippen molar-refractivity contribution in [3.63, 3.8) is 0 Å². The number of hydrogen-bond acceptors (Lipinski definition) is 6. The molecule has 0 spiro atoms. The van der Waals surface area contributed by atoms with Gasteiger partial charge in [0.15, 0.2) is 0 Å². The quantitative estimate of drug-likeness (QED) is 0.727. The van der Waals surface area contributed by atoms with E-state index in [9.17, 15) is 5.11 Å². The van der Waals surface area contributed by atoms with Crippen molar-refractivity contribution in [1.82, 2.24) is 4.98 Å². The number of rotatable bonds is 4. The van der Waals surface area contributed by atoms with E-state index in [0.717, 1.165) is 22.5 Å². The molecule has 136 valence electrons. The lowest BCUT2D eigenvalue weighted by atomic mass is 10.0. The average Bonchev–Trinajstić information content (AvgIpc) is 3.21. The maximum atomic E-state index is 10.3. The zero-order valence-electron chi connectivity index (χ0n) is 15.2. The molecular weight excluding hydrogens is 344 g/mol. The summed E-state index contributed by atoms with van der Waals surface area (Å²) in [6, 6.07) is 13.1. The fraction of sp³-hybridized carbons (Fsp3) is 0.143. The Morgan fingerprint density at radius 1 is 1.04 bits per heavy atom. The van der Waals surface area contributed by atoms with Crippen LogP contribution in [0.5, 0.6) is 17.4 Å². The summed E-state index contributed by atoms with van der Waals surface area (Å²) in [5.74, 6) is 1.23. The Morgan fingerprint density at radius 3 is 2.44 bits per heavy atom. The SMILES string of the molecule is COc1cc(OC)cc(-c2nc(/C=C3/C(C)=Nc4ccccc43)c(O)o2)c1. The van der Waals surface area contributed by atoms with Crippen molar-refractivity contribution < 1.29 is 19.0 Å². The van der Waals surface area contributed by atoms with Crippen molar-refractivity contribution in [3.05, 3.63) is 53.7 Å². The first kappa shape index (κ1) is 16.9. The maximum Gasteiger partial charge on any atom is 0.310 e. The van der Waals surface area contributed by atoms with E-state index in [0.29, 0.717) is 22.8 Å². The van der Waals surface area contributed by atoms with Gasteiger partial charge in [-0.15, -0.1) is 0 Å². The van der Waals surface area contributed by atoms with E-state index in [1.54, 1.807) is 38.5 Å². The molecular formula is C21H18N2O4. The number of aromatic nitrogens is 1. The highest BCUT2D eigenvalue weighted by atomic mass is 16.5. The van der Waals surface area contributed by atoms with Crippen LogP contribution in [0.1, 0.15) is 18.2 Å². The van der Waals surface area contributed by atoms with Gasteiger partial charge in [-0.25, -0.2) is 4.98 Å². The zero-order chi connectivity index (χ0) is 19.0. The molecule has 0 aliphatic carbocycles. The van der Waals surface area contributed by atoms with Gasteiger partial charge in [0.05, 0.1) is 19.9 Å². The van der Waals surface area contributed by atoms with E-state index in [1.807, 2.05) is 31.2 Å². The Balaban J connectivity index is 1.76. The summed E-state index contributed by atoms with van der Waals surface area (Å²) < 4.78 is 16.0. The second kappa shape index (κ2) is 6.64. The Hall–Kier alpha value is -3.54. The molecule has 2 aromatic carbocycles. The van der Waals surface area contributed by atoms with Gasteiger partial charge in [0.25, 0.3) is 0 Å². The Morgan fingerprint density at radius 2 is 1.74 bits per heavy atom. The van der Waals surface area contributed by atoms with Crippen molar-refractivity contribution in [2.75, 3.05) is 14.2 Å². The molecule has 0 saturated heterocycles. The number of para-hydroxylation sites is 1. The highest BCUT2D eigenvalue weighted by Crippen LogP contribution is 2.38. The van der Waals surface area contributed by atoms with Gasteiger partial charge in [-0.05, 0) is 31.2 Å². The van der Waals surface area contributed by atoms with Gasteiger partial charge in [-0.2, -0.15) is 0 Å². The maximum absolute atomic E-state index is 10.3. The highest BCUT2D eigenvalue weighted by Gasteiger charge is 2.20. The summed E-state index contributed by atoms with van der Waals surface area (Å²) in [7, 11) is 3.14. The standard InChI is InChI=1S/C21H18N2O4/c1-12-17(16-6-4-5-7-18(16)22-12)11-19-21(24)27-20(23-19)13-8-14(25-2)10-15(9-13)26-3/h4-11,24H,1-3H3/b17-11-. The van der Waals surface area contributed by atoms with Crippen molar-refractivity contribution in [2.24, 2.45) is 4.99 Å². The predicted molar refractivity (Wildman–Crippen MR) is 104 cm³/mol. The Labute approximate surface area is 156 Å². The summed E-state index contributed by atoms with van der Waals surface area (Å²) in [6.45, 7) is 1.93. The molecule has 0 unspecified atom stereocenters. The second-order valence-corrected chi connectivity index (χ2v) is 6.08. The van der Waals surface area contributed by atoms with Crippen LogP contribution in [-0.4, -0.2) is 30.0 Å². The molecule has 6 nitrogen and oxygen atoms in total. The van der Waals surface area contributed by atoms with E-state index in [-0.39, 0.29) is 11.8 Å². The molecule has 1 N–H and O–H groups in total. The summed E-state index contributed by atoms with van der Waals surface area (Å²) >= 11 is 0. The first-order valence-corrected chi connectivity index (χ1v) is 8.39. The predicted octanol–water partition coefficient (Wildman–Crippen LogP) is 4.71. The minimum atomic E-state index is -0.253. The van der Waals surface area contributed by atoms with E-state index in [1.165, 1.54) is 0 Å². The number of ether oxygens (including phenoxy) is 2. The molecule has 6 heteroatoms. The van der Waals surface area contributed by atoms with Crippen molar-refractivity contribution in [3.8, 4) is 28.9 Å². The van der Waals surface area contributed by atoms with Gasteiger partial charge in [0.2, 0.25) is 5.89 Å². The van der Waals surface area contributed by atoms with Crippen LogP contribution in [0.25, 0.3) is 23.1 Å². The summed E-state index contributed by atoms with van der Waals surface area (Å²) in [6.07, 6.45) is 1.78. The topological polar surface area (TPSA) is 77.1 Å². The highest BCUT2D eigenvalue weighted by molar-refractivity contribution is 6.31. The van der Waals surface area contributed by atoms with Gasteiger partial charge >= 0.3 is 5.95 Å². The minimum absolute atomic E-state index is 0.253. The molecule has 0 fully saturated rings. The third-order valence-corrected chi connectivity index (χ3v) is 4.39. The van der Waals surface area contributed by atoms with E-state index >= 15 is 0 Å². The van der Waals surface area contributed by atoms with Gasteiger partial charge in [0, 0.05) is 28.5 Å². The summed E-state index contributed by atoms with van der Waals surface area (Å²) in [5, 5.41) is 10.3. The van der Waals surface area contributed by atoms with Gasteiger partial charge in [0.1, 0.15) is 17.2 Å². The number of benzene rings is 2. The monoisotopic (exact) mass is 362 g/mol. The van der Waals surface area contributed by atoms with E-state index in [2.05, 4.69) is 9.98 Å². The number of nitrogens with zero attached hydrogens (tertiary/aromatic N) is 2. The number of allylic oxidation sites excluding steroid dienone is 1. The lowest BCUT2D eigenvalue weighted by Crippen LogP contribution is -1.91. The van der Waals surface area contributed by atoms with Gasteiger partial charge in [-0.1, -0.05) is 18.2 Å². The zero-order valence-corrected chi connectivity index (χ0v) is 15.2. The molecule has 1 aliphatic heterocycles. The van der Waals surface area contributed by atoms with Crippen molar-refractivity contribution >= 4 is 23.0 Å². The fourth-order valence-corrected chi connectivity index (χ4v) is 3.03. The number of oxazole rings is 1. The lowest BCUT2D eigenvalue weighted by molar-refractivity contribution is 0.336. The average molecular weight is 362 g/mol. The molecule has 1 aromatic heterocycles. The van der Waals surface area contributed by atoms with Crippen molar-refractivity contribution in [2.45, 2.75) is 6.92 Å². The first-order valence-electron chi connectivity index (χ1n) is 8.39. The third-order valence-electron chi connectivity index (χ3n) is 4.39. The molecule has 3 aromatic rings. The number of aromatic hydroxyl groups is 1. The first-order chi connectivity index (χ1) is 13.1. The second-order valence-electron chi connectivity index (χ2n) is 6.08. The lowest BCUT2D eigenvalue weighted by Gasteiger charge is -2.05. The molecule has 27 heavy (non-hydrogen) atoms. The van der Waals surface area contributed by atoms with Gasteiger partial charge in [-0.3, -0.25) is 4.99 Å². The summed E-state index contributed by atoms with van der Waals surface area (Å²) in [5.41, 5.74) is 4.66. The van der Waals surface area contributed by atoms with Crippen LogP contribution in [-0.2, 0) is 0 Å². The molecule has 0 amide bonds. The third kappa shape index (κ3) is 3.06. The van der Waals surface area contributed by atoms with Crippen LogP contribution in [0.15, 0.2) is 51.9 Å². The molecule has 2 heterocycles. The normalized spacial score (nSPS) is 14.2. The summed E-state index contributed by atoms with van der Waals surface area (Å²) in [4.78, 5) is 8.99. The number of aliphatic imine (C=N–C) groups is 1. The van der Waals surface area contributed by atoms with Crippen LogP contribution in [0.4, 0.5) is 5.69 Å². The fourth-order valence-electron chi connectivity index (χ4n) is 3.03. The Kier molecular flexibility index (Phi) is 4.16. The molecule has 0 radical (unpaired) electrons. The minimum Gasteiger partial charge on any atom is -0.497 e. The number of hydrogen-bond donors (Lipinski definition) is 1. The molecule has 4 rings (SSSR count). The van der Waals surface area contributed by atoms with Crippen LogP contribution in [0, 0.1) is 0 Å². The van der Waals surface area contributed by atoms with Crippen LogP contribution < -0.4 is 9.47 Å². The van der Waals surface area contributed by atoms with Crippen LogP contribution in [0.2, 0.25) is 0 Å². The Bertz CT molecular complexity index is 1060. The van der Waals surface area contributed by atoms with E-state index in [4.69, 9.17) is 13.9 Å². The van der Waals surface area contributed by atoms with Crippen LogP contribution in [0.3, 0.4) is 0 Å². The van der Waals surface area contributed by atoms with Gasteiger partial charge < -0.3 is 19.0 Å². The molecule has 0 bridgehead atoms. The molecule has 0 saturated carbocycles. The largest absolute Gasteiger partial charge is 0.497 e. The smallest absolute Gasteiger partial charge is 0.310 e. The molecule has 1 aliphatic rings. The number of methoxy groups -OCH3 is 2. The number of fused-ring (bicyclic) bond motifs is 1. The van der Waals surface area contributed by atoms with Crippen molar-refractivity contribution in [1.29, 1.82) is 0 Å². The molecule has 0 atom stereocenters. The van der Waals surface area contributed by atoms with E-state index < -0.39 is 0 Å².